The molecule has 21 heavy (non-hydrogen) atoms. The average molecular weight is 285 g/mol. The molecule has 0 fully saturated rings. The van der Waals surface area contributed by atoms with Gasteiger partial charge in [0.2, 0.25) is 0 Å². The lowest BCUT2D eigenvalue weighted by Gasteiger charge is -2.18. The zero-order valence-corrected chi connectivity index (χ0v) is 12.3. The molecule has 0 saturated carbocycles. The lowest BCUT2D eigenvalue weighted by Crippen LogP contribution is -2.25. The maximum Gasteiger partial charge on any atom is 0.341 e. The van der Waals surface area contributed by atoms with Crippen LogP contribution >= 0.6 is 0 Å². The maximum absolute atomic E-state index is 11.9. The van der Waals surface area contributed by atoms with Crippen LogP contribution in [-0.2, 0) is 19.4 Å². The monoisotopic (exact) mass is 285 g/mol. The highest BCUT2D eigenvalue weighted by Crippen LogP contribution is 2.12. The SMILES string of the molecule is CCc1c(C(=O)O)c(=O)cc(C)n1CCc1ccccc1. The van der Waals surface area contributed by atoms with Gasteiger partial charge in [-0.15, -0.1) is 0 Å². The predicted octanol–water partition coefficient (Wildman–Crippen LogP) is 2.66. The smallest absolute Gasteiger partial charge is 0.341 e. The van der Waals surface area contributed by atoms with Crippen LogP contribution in [0.1, 0.15) is 34.2 Å². The summed E-state index contributed by atoms with van der Waals surface area (Å²) in [6.07, 6.45) is 1.32. The van der Waals surface area contributed by atoms with E-state index in [-0.39, 0.29) is 5.56 Å². The van der Waals surface area contributed by atoms with Crippen LogP contribution in [0, 0.1) is 6.92 Å². The van der Waals surface area contributed by atoms with Crippen molar-refractivity contribution in [2.45, 2.75) is 33.2 Å². The first-order chi connectivity index (χ1) is 10.0. The van der Waals surface area contributed by atoms with Gasteiger partial charge in [0, 0.05) is 24.0 Å². The number of carbonyl (C=O) groups is 1. The molecule has 1 aromatic carbocycles. The van der Waals surface area contributed by atoms with Crippen LogP contribution in [0.5, 0.6) is 0 Å². The molecule has 0 saturated heterocycles. The average Bonchev–Trinajstić information content (AvgIpc) is 2.46. The summed E-state index contributed by atoms with van der Waals surface area (Å²) in [7, 11) is 0. The fourth-order valence-electron chi connectivity index (χ4n) is 2.62. The Hall–Kier alpha value is -2.36. The summed E-state index contributed by atoms with van der Waals surface area (Å²) in [5.41, 5.74) is 2.08. The number of benzene rings is 1. The van der Waals surface area contributed by atoms with Gasteiger partial charge in [-0.2, -0.15) is 0 Å². The standard InChI is InChI=1S/C17H19NO3/c1-3-14-16(17(20)21)15(19)11-12(2)18(14)10-9-13-7-5-4-6-8-13/h4-8,11H,3,9-10H2,1-2H3,(H,20,21). The lowest BCUT2D eigenvalue weighted by atomic mass is 10.1. The van der Waals surface area contributed by atoms with Crippen molar-refractivity contribution in [1.29, 1.82) is 0 Å². The van der Waals surface area contributed by atoms with Crippen molar-refractivity contribution in [3.63, 3.8) is 0 Å². The molecule has 110 valence electrons. The predicted molar refractivity (Wildman–Crippen MR) is 81.9 cm³/mol. The van der Waals surface area contributed by atoms with Crippen molar-refractivity contribution in [1.82, 2.24) is 4.57 Å². The maximum atomic E-state index is 11.9. The number of rotatable bonds is 5. The molecule has 2 rings (SSSR count). The summed E-state index contributed by atoms with van der Waals surface area (Å²) in [4.78, 5) is 23.2. The molecule has 2 aromatic rings. The fourth-order valence-corrected chi connectivity index (χ4v) is 2.62. The number of hydrogen-bond donors (Lipinski definition) is 1. The summed E-state index contributed by atoms with van der Waals surface area (Å²) >= 11 is 0. The van der Waals surface area contributed by atoms with Gasteiger partial charge in [-0.1, -0.05) is 37.3 Å². The van der Waals surface area contributed by atoms with Gasteiger partial charge in [-0.3, -0.25) is 4.79 Å². The second-order valence-electron chi connectivity index (χ2n) is 5.02. The van der Waals surface area contributed by atoms with E-state index in [2.05, 4.69) is 0 Å². The minimum absolute atomic E-state index is 0.101. The first kappa shape index (κ1) is 15.0. The van der Waals surface area contributed by atoms with E-state index in [1.54, 1.807) is 0 Å². The third kappa shape index (κ3) is 3.21. The van der Waals surface area contributed by atoms with Gasteiger partial charge < -0.3 is 9.67 Å². The summed E-state index contributed by atoms with van der Waals surface area (Å²) in [6.45, 7) is 4.39. The molecule has 4 nitrogen and oxygen atoms in total. The van der Waals surface area contributed by atoms with E-state index >= 15 is 0 Å². The van der Waals surface area contributed by atoms with Gasteiger partial charge in [0.1, 0.15) is 5.56 Å². The molecule has 0 aliphatic carbocycles. The number of aryl methyl sites for hydroxylation is 2. The Morgan fingerprint density at radius 2 is 1.90 bits per heavy atom. The zero-order chi connectivity index (χ0) is 15.4. The third-order valence-electron chi connectivity index (χ3n) is 3.64. The largest absolute Gasteiger partial charge is 0.477 e. The number of pyridine rings is 1. The summed E-state index contributed by atoms with van der Waals surface area (Å²) in [5, 5.41) is 9.26. The molecule has 0 aliphatic heterocycles. The van der Waals surface area contributed by atoms with Crippen LogP contribution in [0.2, 0.25) is 0 Å². The molecule has 0 spiro atoms. The minimum atomic E-state index is -1.15. The van der Waals surface area contributed by atoms with Crippen molar-refractivity contribution >= 4 is 5.97 Å². The number of nitrogens with zero attached hydrogens (tertiary/aromatic N) is 1. The number of carboxylic acid groups (broad SMARTS) is 1. The normalized spacial score (nSPS) is 10.6. The highest BCUT2D eigenvalue weighted by atomic mass is 16.4. The van der Waals surface area contributed by atoms with Crippen molar-refractivity contribution < 1.29 is 9.90 Å². The lowest BCUT2D eigenvalue weighted by molar-refractivity contribution is 0.0693. The van der Waals surface area contributed by atoms with E-state index in [0.29, 0.717) is 18.7 Å². The molecule has 0 amide bonds. The first-order valence-corrected chi connectivity index (χ1v) is 7.05. The van der Waals surface area contributed by atoms with Crippen LogP contribution in [0.4, 0.5) is 0 Å². The Kier molecular flexibility index (Phi) is 4.58. The molecule has 0 bridgehead atoms. The van der Waals surface area contributed by atoms with Gasteiger partial charge in [-0.05, 0) is 25.3 Å². The quantitative estimate of drug-likeness (QED) is 0.918. The highest BCUT2D eigenvalue weighted by molar-refractivity contribution is 5.88. The van der Waals surface area contributed by atoms with Gasteiger partial charge in [-0.25, -0.2) is 4.79 Å². The number of aromatic carboxylic acids is 1. The number of aromatic nitrogens is 1. The zero-order valence-electron chi connectivity index (χ0n) is 12.3. The molecule has 1 aromatic heterocycles. The van der Waals surface area contributed by atoms with Crippen LogP contribution in [0.15, 0.2) is 41.2 Å². The second-order valence-corrected chi connectivity index (χ2v) is 5.02. The van der Waals surface area contributed by atoms with E-state index in [4.69, 9.17) is 0 Å². The molecule has 0 radical (unpaired) electrons. The van der Waals surface area contributed by atoms with Crippen LogP contribution < -0.4 is 5.43 Å². The Bertz CT molecular complexity index is 702. The van der Waals surface area contributed by atoms with Gasteiger partial charge in [0.25, 0.3) is 0 Å². The summed E-state index contributed by atoms with van der Waals surface area (Å²) in [5.74, 6) is -1.15. The molecular weight excluding hydrogens is 266 g/mol. The molecule has 0 aliphatic rings. The Labute approximate surface area is 123 Å². The minimum Gasteiger partial charge on any atom is -0.477 e. The van der Waals surface area contributed by atoms with Crippen molar-refractivity contribution in [2.24, 2.45) is 0 Å². The van der Waals surface area contributed by atoms with E-state index in [9.17, 15) is 14.7 Å². The van der Waals surface area contributed by atoms with Crippen molar-refractivity contribution in [3.8, 4) is 0 Å². The van der Waals surface area contributed by atoms with Crippen LogP contribution in [-0.4, -0.2) is 15.6 Å². The number of hydrogen-bond acceptors (Lipinski definition) is 2. The fraction of sp³-hybridized carbons (Fsp3) is 0.294. The Morgan fingerprint density at radius 1 is 1.24 bits per heavy atom. The van der Waals surface area contributed by atoms with E-state index in [1.807, 2.05) is 48.7 Å². The molecule has 0 unspecified atom stereocenters. The number of carboxylic acids is 1. The molecule has 1 heterocycles. The molecule has 1 N–H and O–H groups in total. The highest BCUT2D eigenvalue weighted by Gasteiger charge is 2.18. The van der Waals surface area contributed by atoms with Crippen molar-refractivity contribution in [3.05, 3.63) is 69.1 Å². The van der Waals surface area contributed by atoms with E-state index in [1.165, 1.54) is 11.6 Å². The summed E-state index contributed by atoms with van der Waals surface area (Å²) < 4.78 is 1.94. The van der Waals surface area contributed by atoms with Gasteiger partial charge >= 0.3 is 5.97 Å². The Morgan fingerprint density at radius 3 is 2.48 bits per heavy atom. The summed E-state index contributed by atoms with van der Waals surface area (Å²) in [6, 6.07) is 11.4. The van der Waals surface area contributed by atoms with Crippen LogP contribution in [0.25, 0.3) is 0 Å². The molecule has 0 atom stereocenters. The van der Waals surface area contributed by atoms with Crippen molar-refractivity contribution in [2.75, 3.05) is 0 Å². The molecule has 4 heteroatoms. The van der Waals surface area contributed by atoms with Gasteiger partial charge in [0.05, 0.1) is 0 Å². The third-order valence-corrected chi connectivity index (χ3v) is 3.64. The molecular formula is C17H19NO3. The Balaban J connectivity index is 2.41. The topological polar surface area (TPSA) is 59.3 Å². The van der Waals surface area contributed by atoms with E-state index < -0.39 is 11.4 Å². The van der Waals surface area contributed by atoms with Gasteiger partial charge in [0.15, 0.2) is 5.43 Å². The first-order valence-electron chi connectivity index (χ1n) is 7.05. The van der Waals surface area contributed by atoms with Crippen LogP contribution in [0.3, 0.4) is 0 Å². The second kappa shape index (κ2) is 6.39. The van der Waals surface area contributed by atoms with E-state index in [0.717, 1.165) is 12.1 Å².